The molecule has 1 aliphatic rings. The number of nitrogens with one attached hydrogen (secondary N) is 1. The molecule has 1 amide bonds. The van der Waals surface area contributed by atoms with Crippen molar-refractivity contribution in [3.05, 3.63) is 35.6 Å². The zero-order chi connectivity index (χ0) is 14.2. The zero-order valence-corrected chi connectivity index (χ0v) is 10.8. The molecule has 2 atom stereocenters. The smallest absolute Gasteiger partial charge is 0.307 e. The third kappa shape index (κ3) is 2.92. The van der Waals surface area contributed by atoms with Gasteiger partial charge >= 0.3 is 5.97 Å². The fourth-order valence-corrected chi connectivity index (χ4v) is 2.10. The summed E-state index contributed by atoms with van der Waals surface area (Å²) >= 11 is 0. The number of hydrogen-bond acceptors (Lipinski definition) is 2. The van der Waals surface area contributed by atoms with E-state index in [0.29, 0.717) is 6.42 Å². The van der Waals surface area contributed by atoms with Gasteiger partial charge in [0.05, 0.1) is 17.4 Å². The Bertz CT molecular complexity index is 510. The van der Waals surface area contributed by atoms with Crippen LogP contribution in [-0.2, 0) is 15.1 Å². The van der Waals surface area contributed by atoms with E-state index in [9.17, 15) is 14.0 Å². The van der Waals surface area contributed by atoms with Gasteiger partial charge in [-0.1, -0.05) is 12.1 Å². The van der Waals surface area contributed by atoms with Crippen molar-refractivity contribution in [1.29, 1.82) is 0 Å². The molecule has 1 aromatic rings. The minimum atomic E-state index is -0.931. The Labute approximate surface area is 110 Å². The van der Waals surface area contributed by atoms with Crippen LogP contribution in [0.3, 0.4) is 0 Å². The fourth-order valence-electron chi connectivity index (χ4n) is 2.10. The Kier molecular flexibility index (Phi) is 3.30. The lowest BCUT2D eigenvalue weighted by molar-refractivity contribution is -0.140. The van der Waals surface area contributed by atoms with Crippen molar-refractivity contribution in [2.45, 2.75) is 25.8 Å². The number of carbonyl (C=O) groups is 2. The van der Waals surface area contributed by atoms with Gasteiger partial charge < -0.3 is 10.4 Å². The van der Waals surface area contributed by atoms with Crippen LogP contribution < -0.4 is 5.32 Å². The van der Waals surface area contributed by atoms with Crippen LogP contribution in [0.4, 0.5) is 4.39 Å². The highest BCUT2D eigenvalue weighted by Crippen LogP contribution is 2.39. The van der Waals surface area contributed by atoms with Gasteiger partial charge in [-0.2, -0.15) is 0 Å². The van der Waals surface area contributed by atoms with Crippen LogP contribution in [0.1, 0.15) is 25.8 Å². The first-order chi connectivity index (χ1) is 8.81. The summed E-state index contributed by atoms with van der Waals surface area (Å²) in [5.74, 6) is -2.54. The van der Waals surface area contributed by atoms with Crippen LogP contribution in [0.15, 0.2) is 24.3 Å². The van der Waals surface area contributed by atoms with Crippen LogP contribution in [0, 0.1) is 17.7 Å². The molecule has 102 valence electrons. The van der Waals surface area contributed by atoms with E-state index in [2.05, 4.69) is 5.32 Å². The second-order valence-electron chi connectivity index (χ2n) is 5.41. The molecule has 1 aliphatic carbocycles. The molecule has 1 fully saturated rings. The lowest BCUT2D eigenvalue weighted by atomic mass is 9.94. The summed E-state index contributed by atoms with van der Waals surface area (Å²) in [7, 11) is 0. The quantitative estimate of drug-likeness (QED) is 0.873. The Morgan fingerprint density at radius 3 is 2.32 bits per heavy atom. The summed E-state index contributed by atoms with van der Waals surface area (Å²) in [5, 5.41) is 11.6. The van der Waals surface area contributed by atoms with E-state index in [1.807, 2.05) is 0 Å². The summed E-state index contributed by atoms with van der Waals surface area (Å²) < 4.78 is 12.9. The van der Waals surface area contributed by atoms with Gasteiger partial charge in [0.25, 0.3) is 0 Å². The van der Waals surface area contributed by atoms with Crippen molar-refractivity contribution in [3.63, 3.8) is 0 Å². The first-order valence-corrected chi connectivity index (χ1v) is 6.12. The molecule has 5 heteroatoms. The standard InChI is InChI=1S/C14H16FNO3/c1-14(2,8-3-5-9(15)6-4-8)16-12(17)10-7-11(10)13(18)19/h3-6,10-11H,7H2,1-2H3,(H,16,17)(H,18,19)/t10-,11-/m1/s1. The van der Waals surface area contributed by atoms with Crippen molar-refractivity contribution in [2.24, 2.45) is 11.8 Å². The molecule has 0 heterocycles. The van der Waals surface area contributed by atoms with Gasteiger partial charge in [0, 0.05) is 0 Å². The van der Waals surface area contributed by atoms with Gasteiger partial charge in [0.1, 0.15) is 5.82 Å². The number of carbonyl (C=O) groups excluding carboxylic acids is 1. The predicted molar refractivity (Wildman–Crippen MR) is 66.8 cm³/mol. The Morgan fingerprint density at radius 2 is 1.84 bits per heavy atom. The minimum Gasteiger partial charge on any atom is -0.481 e. The third-order valence-electron chi connectivity index (χ3n) is 3.45. The van der Waals surface area contributed by atoms with Gasteiger partial charge in [-0.3, -0.25) is 9.59 Å². The lowest BCUT2D eigenvalue weighted by Gasteiger charge is -2.27. The zero-order valence-electron chi connectivity index (χ0n) is 10.8. The fraction of sp³-hybridized carbons (Fsp3) is 0.429. The number of carboxylic acid groups (broad SMARTS) is 1. The molecule has 0 unspecified atom stereocenters. The highest BCUT2D eigenvalue weighted by atomic mass is 19.1. The summed E-state index contributed by atoms with van der Waals surface area (Å²) in [6.07, 6.45) is 0.390. The number of benzene rings is 1. The molecule has 0 bridgehead atoms. The third-order valence-corrected chi connectivity index (χ3v) is 3.45. The molecule has 0 saturated heterocycles. The first-order valence-electron chi connectivity index (χ1n) is 6.12. The minimum absolute atomic E-state index is 0.262. The van der Waals surface area contributed by atoms with Crippen molar-refractivity contribution < 1.29 is 19.1 Å². The van der Waals surface area contributed by atoms with Crippen LogP contribution in [0.5, 0.6) is 0 Å². The average Bonchev–Trinajstić information content (AvgIpc) is 3.08. The van der Waals surface area contributed by atoms with E-state index in [1.54, 1.807) is 26.0 Å². The van der Waals surface area contributed by atoms with E-state index in [-0.39, 0.29) is 11.7 Å². The molecule has 1 aromatic carbocycles. The van der Waals surface area contributed by atoms with Gasteiger partial charge in [-0.15, -0.1) is 0 Å². The SMILES string of the molecule is CC(C)(NC(=O)[C@@H]1C[C@H]1C(=O)O)c1ccc(F)cc1. The number of aliphatic carboxylic acids is 1. The van der Waals surface area contributed by atoms with Gasteiger partial charge in [-0.25, -0.2) is 4.39 Å². The number of halogens is 1. The maximum absolute atomic E-state index is 12.9. The maximum Gasteiger partial charge on any atom is 0.307 e. The molecule has 4 nitrogen and oxygen atoms in total. The molecule has 1 saturated carbocycles. The summed E-state index contributed by atoms with van der Waals surface area (Å²) in [6, 6.07) is 5.88. The van der Waals surface area contributed by atoms with E-state index in [4.69, 9.17) is 5.11 Å². The maximum atomic E-state index is 12.9. The largest absolute Gasteiger partial charge is 0.481 e. The molecule has 2 N–H and O–H groups in total. The summed E-state index contributed by atoms with van der Waals surface area (Å²) in [5.41, 5.74) is 0.117. The van der Waals surface area contributed by atoms with Crippen molar-refractivity contribution in [1.82, 2.24) is 5.32 Å². The molecule has 2 rings (SSSR count). The second kappa shape index (κ2) is 4.64. The highest BCUT2D eigenvalue weighted by Gasteiger charge is 2.49. The molecule has 0 aromatic heterocycles. The van der Waals surface area contributed by atoms with Crippen LogP contribution in [-0.4, -0.2) is 17.0 Å². The monoisotopic (exact) mass is 265 g/mol. The highest BCUT2D eigenvalue weighted by molar-refractivity contribution is 5.89. The Morgan fingerprint density at radius 1 is 1.26 bits per heavy atom. The predicted octanol–water partition coefficient (Wildman–Crippen LogP) is 1.90. The number of hydrogen-bond donors (Lipinski definition) is 2. The molecule has 0 radical (unpaired) electrons. The Hall–Kier alpha value is -1.91. The van der Waals surface area contributed by atoms with Crippen LogP contribution >= 0.6 is 0 Å². The number of rotatable bonds is 4. The lowest BCUT2D eigenvalue weighted by Crippen LogP contribution is -2.42. The first kappa shape index (κ1) is 13.5. The van der Waals surface area contributed by atoms with E-state index in [1.165, 1.54) is 12.1 Å². The van der Waals surface area contributed by atoms with Gasteiger partial charge in [0.2, 0.25) is 5.91 Å². The summed E-state index contributed by atoms with van der Waals surface area (Å²) in [4.78, 5) is 22.7. The van der Waals surface area contributed by atoms with E-state index >= 15 is 0 Å². The van der Waals surface area contributed by atoms with Crippen molar-refractivity contribution >= 4 is 11.9 Å². The molecular formula is C14H16FNO3. The van der Waals surface area contributed by atoms with Gasteiger partial charge in [-0.05, 0) is 38.0 Å². The van der Waals surface area contributed by atoms with Crippen LogP contribution in [0.2, 0.25) is 0 Å². The average molecular weight is 265 g/mol. The van der Waals surface area contributed by atoms with E-state index < -0.39 is 23.3 Å². The van der Waals surface area contributed by atoms with E-state index in [0.717, 1.165) is 5.56 Å². The summed E-state index contributed by atoms with van der Waals surface area (Å²) in [6.45, 7) is 3.60. The normalized spacial score (nSPS) is 21.8. The molecule has 19 heavy (non-hydrogen) atoms. The second-order valence-corrected chi connectivity index (χ2v) is 5.41. The van der Waals surface area contributed by atoms with Crippen molar-refractivity contribution in [2.75, 3.05) is 0 Å². The topological polar surface area (TPSA) is 66.4 Å². The van der Waals surface area contributed by atoms with Crippen molar-refractivity contribution in [3.8, 4) is 0 Å². The van der Waals surface area contributed by atoms with Crippen LogP contribution in [0.25, 0.3) is 0 Å². The molecule has 0 spiro atoms. The molecule has 0 aliphatic heterocycles. The number of amides is 1. The molecular weight excluding hydrogens is 249 g/mol. The Balaban J connectivity index is 2.03. The van der Waals surface area contributed by atoms with Gasteiger partial charge in [0.15, 0.2) is 0 Å². The number of carboxylic acids is 1.